The van der Waals surface area contributed by atoms with Crippen molar-refractivity contribution in [3.63, 3.8) is 0 Å². The number of nitrogens with zero attached hydrogens (tertiary/aromatic N) is 1. The van der Waals surface area contributed by atoms with Gasteiger partial charge in [0.15, 0.2) is 5.13 Å². The molecule has 2 aromatic rings. The van der Waals surface area contributed by atoms with Gasteiger partial charge in [-0.25, -0.2) is 4.98 Å². The minimum atomic E-state index is -0.557. The van der Waals surface area contributed by atoms with Gasteiger partial charge >= 0.3 is 0 Å². The summed E-state index contributed by atoms with van der Waals surface area (Å²) in [5, 5.41) is 12.9. The van der Waals surface area contributed by atoms with Crippen LogP contribution in [0.25, 0.3) is 10.2 Å². The number of aliphatic hydroxyl groups excluding tert-OH is 1. The highest BCUT2D eigenvalue weighted by Crippen LogP contribution is 2.25. The summed E-state index contributed by atoms with van der Waals surface area (Å²) in [6.45, 7) is 3.83. The van der Waals surface area contributed by atoms with Crippen molar-refractivity contribution in [3.05, 3.63) is 23.8 Å². The number of anilines is 1. The van der Waals surface area contributed by atoms with E-state index < -0.39 is 5.54 Å². The molecule has 0 saturated heterocycles. The van der Waals surface area contributed by atoms with Crippen LogP contribution in [0.3, 0.4) is 0 Å². The third-order valence-electron chi connectivity index (χ3n) is 3.70. The lowest BCUT2D eigenvalue weighted by molar-refractivity contribution is 0.0818. The quantitative estimate of drug-likeness (QED) is 0.788. The number of fused-ring (bicyclic) bond motifs is 1. The fourth-order valence-corrected chi connectivity index (χ4v) is 2.86. The van der Waals surface area contributed by atoms with Crippen molar-refractivity contribution in [2.45, 2.75) is 32.2 Å². The van der Waals surface area contributed by atoms with Crippen molar-refractivity contribution in [1.29, 1.82) is 0 Å². The maximum Gasteiger partial charge on any atom is 0.251 e. The Hall–Kier alpha value is -1.66. The molecule has 0 aliphatic rings. The SMILES string of the molecule is CCC(CC)(CO)NC(=O)c1ccc2nc(N)sc2c1. The topological polar surface area (TPSA) is 88.2 Å². The van der Waals surface area contributed by atoms with Crippen LogP contribution < -0.4 is 11.1 Å². The summed E-state index contributed by atoms with van der Waals surface area (Å²) in [7, 11) is 0. The summed E-state index contributed by atoms with van der Waals surface area (Å²) < 4.78 is 0.887. The normalized spacial score (nSPS) is 11.8. The standard InChI is InChI=1S/C14H19N3O2S/c1-3-14(4-2,8-18)17-12(19)9-5-6-10-11(7-9)20-13(15)16-10/h5-7,18H,3-4,8H2,1-2H3,(H2,15,16)(H,17,19). The second-order valence-corrected chi connectivity index (χ2v) is 5.90. The lowest BCUT2D eigenvalue weighted by Crippen LogP contribution is -2.50. The first-order valence-corrected chi connectivity index (χ1v) is 7.44. The summed E-state index contributed by atoms with van der Waals surface area (Å²) in [4.78, 5) is 16.5. The van der Waals surface area contributed by atoms with Gasteiger partial charge in [0.25, 0.3) is 5.91 Å². The Morgan fingerprint density at radius 1 is 1.45 bits per heavy atom. The van der Waals surface area contributed by atoms with Crippen molar-refractivity contribution >= 4 is 32.6 Å². The van der Waals surface area contributed by atoms with Crippen molar-refractivity contribution < 1.29 is 9.90 Å². The number of carbonyl (C=O) groups is 1. The Kier molecular flexibility index (Phi) is 4.25. The second kappa shape index (κ2) is 5.76. The fourth-order valence-electron chi connectivity index (χ4n) is 2.09. The average Bonchev–Trinajstić information content (AvgIpc) is 2.83. The largest absolute Gasteiger partial charge is 0.394 e. The number of hydrogen-bond acceptors (Lipinski definition) is 5. The molecule has 108 valence electrons. The minimum Gasteiger partial charge on any atom is -0.394 e. The number of amides is 1. The Balaban J connectivity index is 2.26. The van der Waals surface area contributed by atoms with Crippen LogP contribution in [0.4, 0.5) is 5.13 Å². The summed E-state index contributed by atoms with van der Waals surface area (Å²) in [6, 6.07) is 5.30. The van der Waals surface area contributed by atoms with Gasteiger partial charge in [0.1, 0.15) is 0 Å². The molecule has 1 amide bonds. The summed E-state index contributed by atoms with van der Waals surface area (Å²) in [6.07, 6.45) is 1.36. The van der Waals surface area contributed by atoms with Gasteiger partial charge in [-0.3, -0.25) is 4.79 Å². The maximum absolute atomic E-state index is 12.3. The summed E-state index contributed by atoms with van der Waals surface area (Å²) >= 11 is 1.36. The third-order valence-corrected chi connectivity index (χ3v) is 4.55. The zero-order chi connectivity index (χ0) is 14.8. The van der Waals surface area contributed by atoms with Crippen LogP contribution in [0.1, 0.15) is 37.0 Å². The van der Waals surface area contributed by atoms with E-state index in [1.165, 1.54) is 11.3 Å². The molecule has 0 unspecified atom stereocenters. The Morgan fingerprint density at radius 2 is 2.15 bits per heavy atom. The van der Waals surface area contributed by atoms with E-state index in [9.17, 15) is 9.90 Å². The number of aliphatic hydroxyl groups is 1. The summed E-state index contributed by atoms with van der Waals surface area (Å²) in [5.74, 6) is -0.184. The molecule has 5 nitrogen and oxygen atoms in total. The zero-order valence-electron chi connectivity index (χ0n) is 11.6. The first-order valence-electron chi connectivity index (χ1n) is 6.63. The summed E-state index contributed by atoms with van der Waals surface area (Å²) in [5.41, 5.74) is 6.45. The number of carbonyl (C=O) groups excluding carboxylic acids is 1. The molecule has 0 atom stereocenters. The number of benzene rings is 1. The van der Waals surface area contributed by atoms with Gasteiger partial charge in [-0.05, 0) is 31.0 Å². The van der Waals surface area contributed by atoms with E-state index in [2.05, 4.69) is 10.3 Å². The molecule has 2 rings (SSSR count). The average molecular weight is 293 g/mol. The maximum atomic E-state index is 12.3. The highest BCUT2D eigenvalue weighted by Gasteiger charge is 2.27. The number of aromatic nitrogens is 1. The molecule has 6 heteroatoms. The molecular formula is C14H19N3O2S. The predicted octanol–water partition coefficient (Wildman–Crippen LogP) is 2.16. The molecule has 1 aromatic carbocycles. The van der Waals surface area contributed by atoms with Crippen LogP contribution in [-0.4, -0.2) is 28.1 Å². The lowest BCUT2D eigenvalue weighted by atomic mass is 9.93. The van der Waals surface area contributed by atoms with Gasteiger partial charge < -0.3 is 16.2 Å². The van der Waals surface area contributed by atoms with Gasteiger partial charge in [-0.15, -0.1) is 0 Å². The Labute approximate surface area is 121 Å². The fraction of sp³-hybridized carbons (Fsp3) is 0.429. The van der Waals surface area contributed by atoms with Crippen LogP contribution in [-0.2, 0) is 0 Å². The molecule has 20 heavy (non-hydrogen) atoms. The molecule has 0 saturated carbocycles. The van der Waals surface area contributed by atoms with E-state index in [0.29, 0.717) is 23.5 Å². The monoisotopic (exact) mass is 293 g/mol. The number of nitrogen functional groups attached to an aromatic ring is 1. The molecule has 0 bridgehead atoms. The van der Waals surface area contributed by atoms with Crippen LogP contribution in [0.15, 0.2) is 18.2 Å². The molecule has 0 fully saturated rings. The highest BCUT2D eigenvalue weighted by atomic mass is 32.1. The van der Waals surface area contributed by atoms with Gasteiger partial charge in [-0.1, -0.05) is 25.2 Å². The van der Waals surface area contributed by atoms with Gasteiger partial charge in [-0.2, -0.15) is 0 Å². The molecule has 0 aliphatic heterocycles. The van der Waals surface area contributed by atoms with Crippen LogP contribution in [0, 0.1) is 0 Å². The molecule has 1 aromatic heterocycles. The van der Waals surface area contributed by atoms with Crippen molar-refractivity contribution in [2.75, 3.05) is 12.3 Å². The van der Waals surface area contributed by atoms with E-state index in [0.717, 1.165) is 10.2 Å². The number of rotatable bonds is 5. The Bertz CT molecular complexity index is 612. The van der Waals surface area contributed by atoms with E-state index in [1.54, 1.807) is 18.2 Å². The smallest absolute Gasteiger partial charge is 0.251 e. The van der Waals surface area contributed by atoms with E-state index in [1.807, 2.05) is 13.8 Å². The Morgan fingerprint density at radius 3 is 2.75 bits per heavy atom. The van der Waals surface area contributed by atoms with Crippen LogP contribution in [0.2, 0.25) is 0 Å². The molecule has 0 spiro atoms. The van der Waals surface area contributed by atoms with Gasteiger partial charge in [0.05, 0.1) is 22.4 Å². The molecule has 1 heterocycles. The van der Waals surface area contributed by atoms with Gasteiger partial charge in [0.2, 0.25) is 0 Å². The van der Waals surface area contributed by atoms with Crippen molar-refractivity contribution in [1.82, 2.24) is 10.3 Å². The minimum absolute atomic E-state index is 0.0680. The first-order chi connectivity index (χ1) is 9.53. The number of thiazole rings is 1. The number of nitrogens with two attached hydrogens (primary N) is 1. The van der Waals surface area contributed by atoms with Crippen molar-refractivity contribution in [3.8, 4) is 0 Å². The first kappa shape index (κ1) is 14.7. The molecular weight excluding hydrogens is 274 g/mol. The molecule has 0 aliphatic carbocycles. The second-order valence-electron chi connectivity index (χ2n) is 4.83. The third kappa shape index (κ3) is 2.76. The van der Waals surface area contributed by atoms with Crippen molar-refractivity contribution in [2.24, 2.45) is 0 Å². The van der Waals surface area contributed by atoms with E-state index in [-0.39, 0.29) is 12.5 Å². The zero-order valence-corrected chi connectivity index (χ0v) is 12.5. The van der Waals surface area contributed by atoms with Gasteiger partial charge in [0, 0.05) is 5.56 Å². The number of nitrogens with one attached hydrogen (secondary N) is 1. The van der Waals surface area contributed by atoms with E-state index in [4.69, 9.17) is 5.73 Å². The number of hydrogen-bond donors (Lipinski definition) is 3. The molecule has 4 N–H and O–H groups in total. The predicted molar refractivity (Wildman–Crippen MR) is 81.9 cm³/mol. The highest BCUT2D eigenvalue weighted by molar-refractivity contribution is 7.22. The van der Waals surface area contributed by atoms with E-state index >= 15 is 0 Å². The molecule has 0 radical (unpaired) electrons. The lowest BCUT2D eigenvalue weighted by Gasteiger charge is -2.30. The van der Waals surface area contributed by atoms with Crippen LogP contribution >= 0.6 is 11.3 Å². The van der Waals surface area contributed by atoms with Crippen LogP contribution in [0.5, 0.6) is 0 Å².